The largest absolute Gasteiger partial charge is 0.488 e. The Balaban J connectivity index is 1.92. The summed E-state index contributed by atoms with van der Waals surface area (Å²) >= 11 is 0. The van der Waals surface area contributed by atoms with Gasteiger partial charge in [-0.3, -0.25) is 0 Å². The van der Waals surface area contributed by atoms with Gasteiger partial charge in [0.15, 0.2) is 11.6 Å². The van der Waals surface area contributed by atoms with Crippen LogP contribution >= 0.6 is 0 Å². The minimum Gasteiger partial charge on any atom is -0.488 e. The highest BCUT2D eigenvalue weighted by Gasteiger charge is 2.02. The second kappa shape index (κ2) is 4.86. The third kappa shape index (κ3) is 2.75. The van der Waals surface area contributed by atoms with Crippen LogP contribution in [0.5, 0.6) is 5.75 Å². The van der Waals surface area contributed by atoms with E-state index in [-0.39, 0.29) is 0 Å². The average molecular weight is 232 g/mol. The van der Waals surface area contributed by atoms with Crippen LogP contribution in [0.4, 0.5) is 5.82 Å². The SMILES string of the molecule is Cc1ccc(OCCn2ccnc2C)c(N)n1. The van der Waals surface area contributed by atoms with Crippen LogP contribution in [0.2, 0.25) is 0 Å². The molecule has 2 N–H and O–H groups in total. The van der Waals surface area contributed by atoms with Gasteiger partial charge in [-0.1, -0.05) is 0 Å². The number of nitrogens with zero attached hydrogens (tertiary/aromatic N) is 3. The van der Waals surface area contributed by atoms with Crippen molar-refractivity contribution in [1.82, 2.24) is 14.5 Å². The van der Waals surface area contributed by atoms with Crippen LogP contribution in [-0.4, -0.2) is 21.1 Å². The van der Waals surface area contributed by atoms with Gasteiger partial charge in [-0.05, 0) is 26.0 Å². The molecule has 2 aromatic heterocycles. The van der Waals surface area contributed by atoms with Gasteiger partial charge in [0.1, 0.15) is 12.4 Å². The second-order valence-electron chi connectivity index (χ2n) is 3.85. The van der Waals surface area contributed by atoms with Crippen molar-refractivity contribution in [3.8, 4) is 5.75 Å². The first-order chi connectivity index (χ1) is 8.16. The number of nitrogen functional groups attached to an aromatic ring is 1. The molecule has 2 aromatic rings. The third-order valence-corrected chi connectivity index (χ3v) is 2.54. The molecule has 90 valence electrons. The van der Waals surface area contributed by atoms with Crippen LogP contribution in [0.3, 0.4) is 0 Å². The summed E-state index contributed by atoms with van der Waals surface area (Å²) in [6.45, 7) is 5.15. The molecule has 5 heteroatoms. The molecular formula is C12H16N4O. The molecule has 5 nitrogen and oxygen atoms in total. The van der Waals surface area contributed by atoms with Crippen molar-refractivity contribution in [3.63, 3.8) is 0 Å². The molecule has 17 heavy (non-hydrogen) atoms. The monoisotopic (exact) mass is 232 g/mol. The second-order valence-corrected chi connectivity index (χ2v) is 3.85. The van der Waals surface area contributed by atoms with Crippen LogP contribution in [-0.2, 0) is 6.54 Å². The van der Waals surface area contributed by atoms with Crippen LogP contribution in [0.25, 0.3) is 0 Å². The normalized spacial score (nSPS) is 10.5. The zero-order chi connectivity index (χ0) is 12.3. The van der Waals surface area contributed by atoms with Gasteiger partial charge >= 0.3 is 0 Å². The van der Waals surface area contributed by atoms with E-state index in [1.165, 1.54) is 0 Å². The Morgan fingerprint density at radius 2 is 2.18 bits per heavy atom. The lowest BCUT2D eigenvalue weighted by molar-refractivity contribution is 0.297. The molecule has 0 atom stereocenters. The summed E-state index contributed by atoms with van der Waals surface area (Å²) in [6.07, 6.45) is 3.70. The van der Waals surface area contributed by atoms with E-state index >= 15 is 0 Å². The van der Waals surface area contributed by atoms with Gasteiger partial charge in [0, 0.05) is 18.1 Å². The van der Waals surface area contributed by atoms with Crippen molar-refractivity contribution in [2.24, 2.45) is 0 Å². The molecular weight excluding hydrogens is 216 g/mol. The number of aryl methyl sites for hydroxylation is 2. The van der Waals surface area contributed by atoms with Crippen molar-refractivity contribution in [2.45, 2.75) is 20.4 Å². The summed E-state index contributed by atoms with van der Waals surface area (Å²) < 4.78 is 7.61. The Kier molecular flexibility index (Phi) is 3.27. The van der Waals surface area contributed by atoms with Crippen molar-refractivity contribution in [1.29, 1.82) is 0 Å². The number of anilines is 1. The molecule has 0 fully saturated rings. The van der Waals surface area contributed by atoms with E-state index < -0.39 is 0 Å². The third-order valence-electron chi connectivity index (χ3n) is 2.54. The van der Waals surface area contributed by atoms with Gasteiger partial charge in [0.25, 0.3) is 0 Å². The van der Waals surface area contributed by atoms with E-state index in [0.29, 0.717) is 18.2 Å². The summed E-state index contributed by atoms with van der Waals surface area (Å²) in [6, 6.07) is 3.73. The molecule has 0 amide bonds. The molecule has 0 aliphatic rings. The Hall–Kier alpha value is -2.04. The zero-order valence-corrected chi connectivity index (χ0v) is 10.1. The summed E-state index contributed by atoms with van der Waals surface area (Å²) in [7, 11) is 0. The van der Waals surface area contributed by atoms with E-state index in [4.69, 9.17) is 10.5 Å². The molecule has 0 saturated carbocycles. The molecule has 2 rings (SSSR count). The minimum absolute atomic E-state index is 0.437. The van der Waals surface area contributed by atoms with E-state index in [9.17, 15) is 0 Å². The fraction of sp³-hybridized carbons (Fsp3) is 0.333. The quantitative estimate of drug-likeness (QED) is 0.868. The Bertz CT molecular complexity index is 507. The maximum Gasteiger partial charge on any atom is 0.166 e. The standard InChI is InChI=1S/C12H16N4O/c1-9-3-4-11(12(13)15-9)17-8-7-16-6-5-14-10(16)2/h3-6H,7-8H2,1-2H3,(H2,13,15). The fourth-order valence-corrected chi connectivity index (χ4v) is 1.58. The van der Waals surface area contributed by atoms with Gasteiger partial charge < -0.3 is 15.0 Å². The Labute approximate surface area is 100 Å². The van der Waals surface area contributed by atoms with Gasteiger partial charge in [-0.15, -0.1) is 0 Å². The molecule has 0 unspecified atom stereocenters. The van der Waals surface area contributed by atoms with Crippen LogP contribution in [0.1, 0.15) is 11.5 Å². The van der Waals surface area contributed by atoms with Crippen molar-refractivity contribution < 1.29 is 4.74 Å². The fourth-order valence-electron chi connectivity index (χ4n) is 1.58. The topological polar surface area (TPSA) is 66.0 Å². The molecule has 0 aliphatic heterocycles. The Morgan fingerprint density at radius 3 is 2.82 bits per heavy atom. The first-order valence-corrected chi connectivity index (χ1v) is 5.50. The first kappa shape index (κ1) is 11.4. The van der Waals surface area contributed by atoms with Crippen molar-refractivity contribution in [2.75, 3.05) is 12.3 Å². The first-order valence-electron chi connectivity index (χ1n) is 5.50. The molecule has 0 bridgehead atoms. The lowest BCUT2D eigenvalue weighted by atomic mass is 10.3. The molecule has 2 heterocycles. The number of imidazole rings is 1. The molecule has 0 radical (unpaired) electrons. The lowest BCUT2D eigenvalue weighted by Crippen LogP contribution is -2.10. The maximum atomic E-state index is 5.76. The number of ether oxygens (including phenoxy) is 1. The summed E-state index contributed by atoms with van der Waals surface area (Å²) in [5.41, 5.74) is 6.64. The van der Waals surface area contributed by atoms with Gasteiger partial charge in [0.05, 0.1) is 6.54 Å². The van der Waals surface area contributed by atoms with E-state index in [0.717, 1.165) is 18.1 Å². The number of hydrogen-bond acceptors (Lipinski definition) is 4. The number of aromatic nitrogens is 3. The zero-order valence-electron chi connectivity index (χ0n) is 10.1. The number of hydrogen-bond donors (Lipinski definition) is 1. The van der Waals surface area contributed by atoms with Crippen molar-refractivity contribution in [3.05, 3.63) is 36.0 Å². The van der Waals surface area contributed by atoms with Crippen LogP contribution in [0, 0.1) is 13.8 Å². The van der Waals surface area contributed by atoms with Gasteiger partial charge in [-0.2, -0.15) is 0 Å². The summed E-state index contributed by atoms with van der Waals surface area (Å²) in [4.78, 5) is 8.28. The predicted molar refractivity (Wildman–Crippen MR) is 65.8 cm³/mol. The van der Waals surface area contributed by atoms with Crippen LogP contribution < -0.4 is 10.5 Å². The summed E-state index contributed by atoms with van der Waals surface area (Å²) in [5, 5.41) is 0. The van der Waals surface area contributed by atoms with Gasteiger partial charge in [-0.25, -0.2) is 9.97 Å². The highest BCUT2D eigenvalue weighted by Crippen LogP contribution is 2.18. The van der Waals surface area contributed by atoms with E-state index in [2.05, 4.69) is 9.97 Å². The maximum absolute atomic E-state index is 5.76. The van der Waals surface area contributed by atoms with Gasteiger partial charge in [0.2, 0.25) is 0 Å². The van der Waals surface area contributed by atoms with E-state index in [1.807, 2.05) is 36.7 Å². The van der Waals surface area contributed by atoms with E-state index in [1.54, 1.807) is 6.20 Å². The highest BCUT2D eigenvalue weighted by molar-refractivity contribution is 5.46. The molecule has 0 aromatic carbocycles. The van der Waals surface area contributed by atoms with Crippen molar-refractivity contribution >= 4 is 5.82 Å². The molecule has 0 spiro atoms. The molecule has 0 saturated heterocycles. The number of pyridine rings is 1. The predicted octanol–water partition coefficient (Wildman–Crippen LogP) is 1.56. The minimum atomic E-state index is 0.437. The number of rotatable bonds is 4. The number of nitrogens with two attached hydrogens (primary N) is 1. The highest BCUT2D eigenvalue weighted by atomic mass is 16.5. The average Bonchev–Trinajstić information content (AvgIpc) is 2.68. The Morgan fingerprint density at radius 1 is 1.35 bits per heavy atom. The van der Waals surface area contributed by atoms with Crippen LogP contribution in [0.15, 0.2) is 24.5 Å². The lowest BCUT2D eigenvalue weighted by Gasteiger charge is -2.09. The summed E-state index contributed by atoms with van der Waals surface area (Å²) in [5.74, 6) is 2.05. The molecule has 0 aliphatic carbocycles. The smallest absolute Gasteiger partial charge is 0.166 e.